The second-order valence-electron chi connectivity index (χ2n) is 16.0. The molecule has 0 radical (unpaired) electrons. The Morgan fingerprint density at radius 2 is 0.964 bits per heavy atom. The fourth-order valence-electron chi connectivity index (χ4n) is 6.25. The van der Waals surface area contributed by atoms with Crippen LogP contribution in [0.1, 0.15) is 181 Å². The Morgan fingerprint density at radius 1 is 0.545 bits per heavy atom. The Morgan fingerprint density at radius 3 is 1.45 bits per heavy atom. The van der Waals surface area contributed by atoms with E-state index in [2.05, 4.69) is 62.5 Å². The number of ether oxygens (including phenoxy) is 3. The minimum Gasteiger partial charge on any atom is -0.477 e. The van der Waals surface area contributed by atoms with E-state index in [0.29, 0.717) is 19.3 Å². The summed E-state index contributed by atoms with van der Waals surface area (Å²) in [7, 11) is 5.51. The Bertz CT molecular complexity index is 1040. The zero-order chi connectivity index (χ0) is 40.7. The normalized spacial score (nSPS) is 13.4. The molecule has 0 saturated heterocycles. The highest BCUT2D eigenvalue weighted by molar-refractivity contribution is 5.72. The molecule has 0 aliphatic rings. The van der Waals surface area contributed by atoms with Gasteiger partial charge in [0.2, 0.25) is 0 Å². The van der Waals surface area contributed by atoms with Crippen LogP contribution in [0.3, 0.4) is 0 Å². The van der Waals surface area contributed by atoms with Crippen molar-refractivity contribution in [1.29, 1.82) is 0 Å². The molecule has 0 rings (SSSR count). The zero-order valence-corrected chi connectivity index (χ0v) is 36.1. The molecule has 2 atom stereocenters. The molecule has 0 heterocycles. The van der Waals surface area contributed by atoms with Gasteiger partial charge in [-0.25, -0.2) is 4.79 Å². The molecule has 8 heteroatoms. The molecule has 0 aromatic heterocycles. The highest BCUT2D eigenvalue weighted by atomic mass is 16.6. The van der Waals surface area contributed by atoms with E-state index in [1.807, 2.05) is 21.1 Å². The van der Waals surface area contributed by atoms with E-state index in [9.17, 15) is 19.5 Å². The van der Waals surface area contributed by atoms with Gasteiger partial charge in [0.05, 0.1) is 34.4 Å². The predicted molar refractivity (Wildman–Crippen MR) is 229 cm³/mol. The second-order valence-corrected chi connectivity index (χ2v) is 16.0. The van der Waals surface area contributed by atoms with Gasteiger partial charge in [-0.2, -0.15) is 0 Å². The fourth-order valence-corrected chi connectivity index (χ4v) is 6.25. The molecule has 0 aliphatic heterocycles. The van der Waals surface area contributed by atoms with Crippen molar-refractivity contribution >= 4 is 17.9 Å². The molecule has 2 unspecified atom stereocenters. The lowest BCUT2D eigenvalue weighted by Gasteiger charge is -2.31. The molecule has 0 aliphatic carbocycles. The van der Waals surface area contributed by atoms with Crippen molar-refractivity contribution < 1.29 is 38.2 Å². The molecule has 0 bridgehead atoms. The number of nitrogens with zero attached hydrogens (tertiary/aromatic N) is 1. The number of carbonyl (C=O) groups is 3. The van der Waals surface area contributed by atoms with Gasteiger partial charge in [-0.3, -0.25) is 9.59 Å². The van der Waals surface area contributed by atoms with E-state index >= 15 is 0 Å². The van der Waals surface area contributed by atoms with Crippen LogP contribution in [0, 0.1) is 0 Å². The Balaban J connectivity index is 4.34. The van der Waals surface area contributed by atoms with Gasteiger partial charge in [-0.15, -0.1) is 0 Å². The van der Waals surface area contributed by atoms with Crippen molar-refractivity contribution in [2.24, 2.45) is 0 Å². The van der Waals surface area contributed by atoms with Crippen LogP contribution in [0.25, 0.3) is 0 Å². The number of rotatable bonds is 39. The minimum absolute atomic E-state index is 0.0538. The van der Waals surface area contributed by atoms with Crippen LogP contribution in [0.5, 0.6) is 0 Å². The van der Waals surface area contributed by atoms with Crippen molar-refractivity contribution in [3.63, 3.8) is 0 Å². The maximum atomic E-state index is 12.7. The molecule has 0 fully saturated rings. The number of likely N-dealkylation sites (N-methyl/N-ethyl adjacent to an activating group) is 1. The molecule has 1 N–H and O–H groups in total. The summed E-state index contributed by atoms with van der Waals surface area (Å²) in [5.74, 6) is -1.49. The third-order valence-corrected chi connectivity index (χ3v) is 9.73. The fraction of sp³-hybridized carbons (Fsp3) is 0.766. The summed E-state index contributed by atoms with van der Waals surface area (Å²) in [5, 5.41) is 9.61. The van der Waals surface area contributed by atoms with E-state index in [0.717, 1.165) is 77.0 Å². The summed E-state index contributed by atoms with van der Waals surface area (Å²) >= 11 is 0. The third-order valence-electron chi connectivity index (χ3n) is 9.73. The van der Waals surface area contributed by atoms with Crippen molar-refractivity contribution in [2.45, 2.75) is 193 Å². The SMILES string of the molecule is CCCCC/C=C/C/C=C/C/C=C/C/C=C/CCCCCCCC(=O)OC(COCCC(C(=O)O)[N+](C)(C)C)COC(=O)CCCCCCCCCCCC. The van der Waals surface area contributed by atoms with Gasteiger partial charge in [0.15, 0.2) is 12.1 Å². The Hall–Kier alpha value is -2.71. The number of carbonyl (C=O) groups excluding carboxylic acids is 2. The molecule has 55 heavy (non-hydrogen) atoms. The van der Waals surface area contributed by atoms with E-state index in [-0.39, 0.29) is 36.2 Å². The van der Waals surface area contributed by atoms with Gasteiger partial charge in [0, 0.05) is 19.3 Å². The number of carboxylic acid groups (broad SMARTS) is 1. The first-order valence-electron chi connectivity index (χ1n) is 22.2. The minimum atomic E-state index is -0.879. The second kappa shape index (κ2) is 38.2. The van der Waals surface area contributed by atoms with Crippen LogP contribution < -0.4 is 0 Å². The molecule has 0 aromatic carbocycles. The molecule has 318 valence electrons. The summed E-state index contributed by atoms with van der Waals surface area (Å²) in [4.78, 5) is 36.9. The van der Waals surface area contributed by atoms with Crippen molar-refractivity contribution in [2.75, 3.05) is 41.0 Å². The average Bonchev–Trinajstić information content (AvgIpc) is 3.14. The van der Waals surface area contributed by atoms with Gasteiger partial charge in [0.1, 0.15) is 6.61 Å². The van der Waals surface area contributed by atoms with Crippen molar-refractivity contribution in [3.8, 4) is 0 Å². The number of esters is 2. The quantitative estimate of drug-likeness (QED) is 0.0287. The van der Waals surface area contributed by atoms with E-state index < -0.39 is 18.1 Å². The predicted octanol–water partition coefficient (Wildman–Crippen LogP) is 12.0. The molecule has 0 aromatic rings. The number of carboxylic acids is 1. The van der Waals surface area contributed by atoms with Crippen molar-refractivity contribution in [3.05, 3.63) is 48.6 Å². The van der Waals surface area contributed by atoms with Gasteiger partial charge >= 0.3 is 17.9 Å². The highest BCUT2D eigenvalue weighted by Gasteiger charge is 2.31. The number of quaternary nitrogens is 1. The monoisotopic (exact) mass is 775 g/mol. The van der Waals surface area contributed by atoms with Crippen molar-refractivity contribution in [1.82, 2.24) is 0 Å². The molecular weight excluding hydrogens is 691 g/mol. The lowest BCUT2D eigenvalue weighted by Crippen LogP contribution is -2.50. The van der Waals surface area contributed by atoms with E-state index in [1.165, 1.54) is 70.6 Å². The Kier molecular flexibility index (Phi) is 36.3. The molecule has 0 saturated carbocycles. The summed E-state index contributed by atoms with van der Waals surface area (Å²) < 4.78 is 17.2. The van der Waals surface area contributed by atoms with Gasteiger partial charge < -0.3 is 23.8 Å². The standard InChI is InChI=1S/C47H83NO7/c1-6-8-10-12-14-16-18-19-20-21-22-23-24-25-26-27-28-30-32-34-36-38-46(50)55-43(41-53-40-39-44(47(51)52)48(3,4)5)42-54-45(49)37-35-33-31-29-17-15-13-11-9-7-2/h14,16,19-20,22-23,25-26,43-44H,6-13,15,17-18,21,24,27-42H2,1-5H3/p+1/b16-14+,20-19+,23-22+,26-25+. The van der Waals surface area contributed by atoms with Crippen LogP contribution in [-0.4, -0.2) is 80.6 Å². The lowest BCUT2D eigenvalue weighted by molar-refractivity contribution is -0.887. The smallest absolute Gasteiger partial charge is 0.362 e. The first-order valence-corrected chi connectivity index (χ1v) is 22.2. The number of aliphatic carboxylic acids is 1. The highest BCUT2D eigenvalue weighted by Crippen LogP contribution is 2.14. The zero-order valence-electron chi connectivity index (χ0n) is 36.1. The largest absolute Gasteiger partial charge is 0.477 e. The van der Waals surface area contributed by atoms with Crippen LogP contribution in [0.15, 0.2) is 48.6 Å². The number of unbranched alkanes of at least 4 members (excludes halogenated alkanes) is 17. The molecule has 0 amide bonds. The lowest BCUT2D eigenvalue weighted by atomic mass is 10.1. The summed E-state index contributed by atoms with van der Waals surface area (Å²) in [6.07, 6.45) is 44.4. The Labute approximate surface area is 337 Å². The average molecular weight is 775 g/mol. The number of hydrogen-bond donors (Lipinski definition) is 1. The summed E-state index contributed by atoms with van der Waals surface area (Å²) in [6.45, 7) is 4.67. The van der Waals surface area contributed by atoms with E-state index in [4.69, 9.17) is 14.2 Å². The van der Waals surface area contributed by atoms with Crippen LogP contribution in [-0.2, 0) is 28.6 Å². The number of hydrogen-bond acceptors (Lipinski definition) is 6. The third kappa shape index (κ3) is 36.7. The summed E-state index contributed by atoms with van der Waals surface area (Å²) in [5.41, 5.74) is 0. The number of allylic oxidation sites excluding steroid dienone is 8. The van der Waals surface area contributed by atoms with Gasteiger partial charge in [-0.1, -0.05) is 152 Å². The summed E-state index contributed by atoms with van der Waals surface area (Å²) in [6, 6.07) is -0.617. The van der Waals surface area contributed by atoms with Crippen LogP contribution >= 0.6 is 0 Å². The first-order chi connectivity index (χ1) is 26.6. The van der Waals surface area contributed by atoms with E-state index in [1.54, 1.807) is 0 Å². The molecule has 8 nitrogen and oxygen atoms in total. The maximum absolute atomic E-state index is 12.7. The van der Waals surface area contributed by atoms with Crippen LogP contribution in [0.2, 0.25) is 0 Å². The van der Waals surface area contributed by atoms with Gasteiger partial charge in [-0.05, 0) is 57.8 Å². The maximum Gasteiger partial charge on any atom is 0.362 e. The molecular formula is C47H84NO7+. The van der Waals surface area contributed by atoms with Gasteiger partial charge in [0.25, 0.3) is 0 Å². The molecule has 0 spiro atoms. The van der Waals surface area contributed by atoms with Crippen LogP contribution in [0.4, 0.5) is 0 Å². The first kappa shape index (κ1) is 52.3. The topological polar surface area (TPSA) is 99.1 Å².